The van der Waals surface area contributed by atoms with E-state index < -0.39 is 5.60 Å². The molecule has 0 aliphatic heterocycles. The molecule has 0 unspecified atom stereocenters. The van der Waals surface area contributed by atoms with Gasteiger partial charge in [-0.3, -0.25) is 4.79 Å². The SMILES string of the molecule is CC[C@@H]1C[C@H](C(=O)CN=NN=CN)[C@@]2(C)CC[C@H]3[C@@H](CC[C@@H]4C[C@](C)(O)CC[C@@H]43)[C@H]12. The summed E-state index contributed by atoms with van der Waals surface area (Å²) >= 11 is 0. The van der Waals surface area contributed by atoms with Crippen molar-refractivity contribution in [2.24, 2.45) is 68.0 Å². The lowest BCUT2D eigenvalue weighted by atomic mass is 9.48. The minimum Gasteiger partial charge on any atom is -0.390 e. The first-order chi connectivity index (χ1) is 14.3. The van der Waals surface area contributed by atoms with E-state index in [4.69, 9.17) is 5.73 Å². The van der Waals surface area contributed by atoms with Crippen LogP contribution >= 0.6 is 0 Å². The van der Waals surface area contributed by atoms with Crippen LogP contribution in [0.3, 0.4) is 0 Å². The molecule has 0 bridgehead atoms. The second kappa shape index (κ2) is 8.33. The summed E-state index contributed by atoms with van der Waals surface area (Å²) in [5.74, 6) is 4.63. The van der Waals surface area contributed by atoms with E-state index in [0.29, 0.717) is 17.8 Å². The van der Waals surface area contributed by atoms with Crippen molar-refractivity contribution in [1.82, 2.24) is 0 Å². The van der Waals surface area contributed by atoms with E-state index in [1.54, 1.807) is 0 Å². The van der Waals surface area contributed by atoms with Gasteiger partial charge in [-0.2, -0.15) is 5.11 Å². The normalized spacial score (nSPS) is 48.5. The summed E-state index contributed by atoms with van der Waals surface area (Å²) in [5, 5.41) is 21.7. The number of carbonyl (C=O) groups excluding carboxylic acids is 1. The molecule has 0 aromatic heterocycles. The van der Waals surface area contributed by atoms with Gasteiger partial charge >= 0.3 is 0 Å². The van der Waals surface area contributed by atoms with Crippen LogP contribution in [0.5, 0.6) is 0 Å². The third-order valence-corrected chi connectivity index (χ3v) is 9.70. The fourth-order valence-corrected chi connectivity index (χ4v) is 8.57. The zero-order chi connectivity index (χ0) is 21.5. The van der Waals surface area contributed by atoms with Crippen LogP contribution in [0.2, 0.25) is 0 Å². The molecule has 0 radical (unpaired) electrons. The van der Waals surface area contributed by atoms with Crippen LogP contribution in [-0.2, 0) is 4.79 Å². The van der Waals surface area contributed by atoms with Crippen LogP contribution in [0, 0.1) is 46.8 Å². The van der Waals surface area contributed by atoms with Crippen molar-refractivity contribution in [3.05, 3.63) is 0 Å². The van der Waals surface area contributed by atoms with Crippen molar-refractivity contribution in [3.8, 4) is 0 Å². The molecule has 6 nitrogen and oxygen atoms in total. The molecule has 9 atom stereocenters. The summed E-state index contributed by atoms with van der Waals surface area (Å²) in [6.07, 6.45) is 11.3. The van der Waals surface area contributed by atoms with Crippen LogP contribution in [0.1, 0.15) is 78.6 Å². The Labute approximate surface area is 181 Å². The van der Waals surface area contributed by atoms with Crippen LogP contribution < -0.4 is 5.73 Å². The van der Waals surface area contributed by atoms with Crippen molar-refractivity contribution in [3.63, 3.8) is 0 Å². The number of rotatable bonds is 5. The maximum absolute atomic E-state index is 13.1. The molecule has 4 aliphatic rings. The Morgan fingerprint density at radius 1 is 1.13 bits per heavy atom. The molecule has 30 heavy (non-hydrogen) atoms. The van der Waals surface area contributed by atoms with Crippen molar-refractivity contribution in [2.45, 2.75) is 84.2 Å². The minimum atomic E-state index is -0.462. The molecule has 0 saturated heterocycles. The van der Waals surface area contributed by atoms with Crippen LogP contribution in [0.25, 0.3) is 0 Å². The molecular weight excluding hydrogens is 376 g/mol. The zero-order valence-corrected chi connectivity index (χ0v) is 19.0. The Morgan fingerprint density at radius 3 is 2.63 bits per heavy atom. The lowest BCUT2D eigenvalue weighted by molar-refractivity contribution is -0.132. The molecular formula is C24H40N4O2. The highest BCUT2D eigenvalue weighted by molar-refractivity contribution is 5.84. The smallest absolute Gasteiger partial charge is 0.159 e. The molecule has 6 heteroatoms. The predicted molar refractivity (Wildman–Crippen MR) is 118 cm³/mol. The molecule has 0 aromatic carbocycles. The van der Waals surface area contributed by atoms with E-state index in [2.05, 4.69) is 29.3 Å². The number of aliphatic hydroxyl groups is 1. The molecule has 0 spiro atoms. The van der Waals surface area contributed by atoms with Gasteiger partial charge in [0, 0.05) is 5.92 Å². The van der Waals surface area contributed by atoms with E-state index in [-0.39, 0.29) is 23.7 Å². The quantitative estimate of drug-likeness (QED) is 0.297. The summed E-state index contributed by atoms with van der Waals surface area (Å²) < 4.78 is 0. The fraction of sp³-hybridized carbons (Fsp3) is 0.917. The first-order valence-corrected chi connectivity index (χ1v) is 12.2. The molecule has 4 saturated carbocycles. The van der Waals surface area contributed by atoms with E-state index >= 15 is 0 Å². The Hall–Kier alpha value is -1.30. The van der Waals surface area contributed by atoms with Gasteiger partial charge in [-0.05, 0) is 104 Å². The van der Waals surface area contributed by atoms with E-state index in [9.17, 15) is 9.90 Å². The Morgan fingerprint density at radius 2 is 1.90 bits per heavy atom. The average molecular weight is 417 g/mol. The number of nitrogens with two attached hydrogens (primary N) is 1. The molecule has 3 N–H and O–H groups in total. The maximum Gasteiger partial charge on any atom is 0.159 e. The van der Waals surface area contributed by atoms with E-state index in [0.717, 1.165) is 56.2 Å². The average Bonchev–Trinajstić information content (AvgIpc) is 3.02. The number of nitrogens with zero attached hydrogens (tertiary/aromatic N) is 3. The Balaban J connectivity index is 1.53. The highest BCUT2D eigenvalue weighted by atomic mass is 16.3. The molecule has 0 aromatic rings. The van der Waals surface area contributed by atoms with Gasteiger partial charge in [0.25, 0.3) is 0 Å². The summed E-state index contributed by atoms with van der Waals surface area (Å²) in [7, 11) is 0. The molecule has 0 heterocycles. The lowest BCUT2D eigenvalue weighted by Gasteiger charge is -2.57. The van der Waals surface area contributed by atoms with Gasteiger partial charge < -0.3 is 10.8 Å². The second-order valence-corrected chi connectivity index (χ2v) is 11.2. The van der Waals surface area contributed by atoms with Gasteiger partial charge in [-0.1, -0.05) is 20.3 Å². The number of carbonyl (C=O) groups is 1. The number of hydrogen-bond acceptors (Lipinski definition) is 4. The number of hydrogen-bond donors (Lipinski definition) is 2. The molecule has 4 aliphatic carbocycles. The van der Waals surface area contributed by atoms with Crippen LogP contribution in [0.15, 0.2) is 15.4 Å². The van der Waals surface area contributed by atoms with Gasteiger partial charge in [-0.15, -0.1) is 5.10 Å². The predicted octanol–water partition coefficient (Wildman–Crippen LogP) is 4.57. The summed E-state index contributed by atoms with van der Waals surface area (Å²) in [5.41, 5.74) is 4.83. The molecule has 0 amide bonds. The summed E-state index contributed by atoms with van der Waals surface area (Å²) in [6.45, 7) is 6.86. The van der Waals surface area contributed by atoms with Gasteiger partial charge in [0.1, 0.15) is 12.9 Å². The third-order valence-electron chi connectivity index (χ3n) is 9.70. The first-order valence-electron chi connectivity index (χ1n) is 12.2. The van der Waals surface area contributed by atoms with Crippen molar-refractivity contribution < 1.29 is 9.90 Å². The Kier molecular flexibility index (Phi) is 6.08. The van der Waals surface area contributed by atoms with Crippen molar-refractivity contribution in [2.75, 3.05) is 6.54 Å². The molecule has 4 rings (SSSR count). The summed E-state index contributed by atoms with van der Waals surface area (Å²) in [6, 6.07) is 0. The topological polar surface area (TPSA) is 100 Å². The van der Waals surface area contributed by atoms with Gasteiger partial charge in [0.05, 0.1) is 5.60 Å². The first kappa shape index (κ1) is 21.9. The second-order valence-electron chi connectivity index (χ2n) is 11.2. The van der Waals surface area contributed by atoms with Gasteiger partial charge in [-0.25, -0.2) is 0 Å². The number of Topliss-reactive ketones (excluding diaryl/α,β-unsaturated/α-hetero) is 1. The maximum atomic E-state index is 13.1. The van der Waals surface area contributed by atoms with E-state index in [1.807, 2.05) is 6.92 Å². The van der Waals surface area contributed by atoms with Crippen LogP contribution in [0.4, 0.5) is 0 Å². The Bertz CT molecular complexity index is 705. The highest BCUT2D eigenvalue weighted by Gasteiger charge is 2.61. The summed E-state index contributed by atoms with van der Waals surface area (Å²) in [4.78, 5) is 13.1. The third kappa shape index (κ3) is 3.74. The molecule has 168 valence electrons. The minimum absolute atomic E-state index is 0.0958. The van der Waals surface area contributed by atoms with Crippen molar-refractivity contribution >= 4 is 12.1 Å². The largest absolute Gasteiger partial charge is 0.390 e. The lowest BCUT2D eigenvalue weighted by Crippen LogP contribution is -2.52. The highest BCUT2D eigenvalue weighted by Crippen LogP contribution is 2.66. The van der Waals surface area contributed by atoms with Crippen molar-refractivity contribution in [1.29, 1.82) is 0 Å². The fourth-order valence-electron chi connectivity index (χ4n) is 8.57. The monoisotopic (exact) mass is 416 g/mol. The standard InChI is InChI=1S/C24H40N4O2/c1-4-15-11-20(21(29)13-26-28-27-14-25)24(3)10-8-18-17-7-9-23(2,30)12-16(17)5-6-19(18)22(15)24/h14-20,22,30H,4-13H2,1-3H3,(H2,25,26,27)/t15-,16-,17+,18-,19-,20-,22+,23-,24-/m1/s1. The van der Waals surface area contributed by atoms with Gasteiger partial charge in [0.2, 0.25) is 0 Å². The number of ketones is 1. The number of fused-ring (bicyclic) bond motifs is 5. The molecule has 4 fully saturated rings. The van der Waals surface area contributed by atoms with E-state index in [1.165, 1.54) is 25.7 Å². The van der Waals surface area contributed by atoms with Crippen LogP contribution in [-0.4, -0.2) is 29.4 Å². The zero-order valence-electron chi connectivity index (χ0n) is 19.0. The van der Waals surface area contributed by atoms with Gasteiger partial charge in [0.15, 0.2) is 5.78 Å².